The van der Waals surface area contributed by atoms with Crippen LogP contribution in [0.5, 0.6) is 5.75 Å². The quantitative estimate of drug-likeness (QED) is 0.704. The van der Waals surface area contributed by atoms with Gasteiger partial charge >= 0.3 is 5.97 Å². The van der Waals surface area contributed by atoms with E-state index in [2.05, 4.69) is 5.32 Å². The maximum atomic E-state index is 13.1. The average molecular weight is 432 g/mol. The van der Waals surface area contributed by atoms with Crippen LogP contribution >= 0.6 is 0 Å². The van der Waals surface area contributed by atoms with E-state index in [1.54, 1.807) is 30.3 Å². The zero-order chi connectivity index (χ0) is 21.7. The number of nitrogens with one attached hydrogen (secondary N) is 1. The number of sulfonamides is 1. The minimum atomic E-state index is -3.89. The molecule has 3 rings (SSSR count). The molecule has 2 aromatic carbocycles. The number of esters is 1. The van der Waals surface area contributed by atoms with Crippen LogP contribution < -0.4 is 10.1 Å². The summed E-state index contributed by atoms with van der Waals surface area (Å²) in [7, 11) is -1.15. The lowest BCUT2D eigenvalue weighted by Gasteiger charge is -2.31. The highest BCUT2D eigenvalue weighted by Gasteiger charge is 2.34. The van der Waals surface area contributed by atoms with Gasteiger partial charge in [-0.25, -0.2) is 13.2 Å². The van der Waals surface area contributed by atoms with E-state index in [0.29, 0.717) is 24.3 Å². The number of amides is 1. The van der Waals surface area contributed by atoms with Gasteiger partial charge in [-0.05, 0) is 37.1 Å². The Labute approximate surface area is 175 Å². The standard InChI is InChI=1S/C21H24N2O6S/c1-28-18-9-5-4-8-17(18)22-20(24)15-11-13-23(14-12-15)30(26,27)19-10-6-3-7-16(19)21(25)29-2/h3-10,15H,11-14H2,1-2H3,(H,22,24). The molecule has 1 fully saturated rings. The molecule has 1 aliphatic heterocycles. The second-order valence-electron chi connectivity index (χ2n) is 6.86. The summed E-state index contributed by atoms with van der Waals surface area (Å²) in [5, 5.41) is 2.85. The second-order valence-corrected chi connectivity index (χ2v) is 8.76. The average Bonchev–Trinajstić information content (AvgIpc) is 2.79. The Hall–Kier alpha value is -2.91. The van der Waals surface area contributed by atoms with Gasteiger partial charge in [0, 0.05) is 19.0 Å². The van der Waals surface area contributed by atoms with E-state index in [4.69, 9.17) is 9.47 Å². The Balaban J connectivity index is 1.69. The van der Waals surface area contributed by atoms with Crippen LogP contribution in [0.4, 0.5) is 5.69 Å². The van der Waals surface area contributed by atoms with Crippen LogP contribution in [0.15, 0.2) is 53.4 Å². The maximum Gasteiger partial charge on any atom is 0.339 e. The minimum Gasteiger partial charge on any atom is -0.495 e. The van der Waals surface area contributed by atoms with Crippen molar-refractivity contribution < 1.29 is 27.5 Å². The smallest absolute Gasteiger partial charge is 0.339 e. The van der Waals surface area contributed by atoms with Crippen molar-refractivity contribution in [2.45, 2.75) is 17.7 Å². The van der Waals surface area contributed by atoms with Gasteiger partial charge in [-0.2, -0.15) is 4.31 Å². The summed E-state index contributed by atoms with van der Waals surface area (Å²) in [6, 6.07) is 13.1. The van der Waals surface area contributed by atoms with Crippen molar-refractivity contribution >= 4 is 27.6 Å². The zero-order valence-corrected chi connectivity index (χ0v) is 17.6. The molecule has 0 radical (unpaired) electrons. The number of anilines is 1. The molecule has 1 amide bonds. The Morgan fingerprint density at radius 1 is 1.00 bits per heavy atom. The largest absolute Gasteiger partial charge is 0.495 e. The molecule has 1 N–H and O–H groups in total. The fourth-order valence-electron chi connectivity index (χ4n) is 3.45. The van der Waals surface area contributed by atoms with E-state index in [1.807, 2.05) is 6.07 Å². The number of methoxy groups -OCH3 is 2. The monoisotopic (exact) mass is 432 g/mol. The Bertz CT molecular complexity index is 1030. The molecule has 0 aliphatic carbocycles. The first-order valence-electron chi connectivity index (χ1n) is 9.50. The third kappa shape index (κ3) is 4.47. The number of ether oxygens (including phenoxy) is 2. The van der Waals surface area contributed by atoms with E-state index in [1.165, 1.54) is 30.7 Å². The van der Waals surface area contributed by atoms with E-state index >= 15 is 0 Å². The van der Waals surface area contributed by atoms with Gasteiger partial charge < -0.3 is 14.8 Å². The van der Waals surface area contributed by atoms with Gasteiger partial charge in [0.25, 0.3) is 0 Å². The first-order valence-corrected chi connectivity index (χ1v) is 10.9. The predicted molar refractivity (Wildman–Crippen MR) is 111 cm³/mol. The molecule has 0 atom stereocenters. The molecule has 160 valence electrons. The van der Waals surface area contributed by atoms with Gasteiger partial charge in [-0.1, -0.05) is 24.3 Å². The van der Waals surface area contributed by atoms with Crippen molar-refractivity contribution in [3.63, 3.8) is 0 Å². The number of piperidine rings is 1. The summed E-state index contributed by atoms with van der Waals surface area (Å²) >= 11 is 0. The fourth-order valence-corrected chi connectivity index (χ4v) is 5.10. The number of hydrogen-bond donors (Lipinski definition) is 1. The van der Waals surface area contributed by atoms with Gasteiger partial charge in [0.1, 0.15) is 5.75 Å². The molecular formula is C21H24N2O6S. The van der Waals surface area contributed by atoms with Gasteiger partial charge in [-0.15, -0.1) is 0 Å². The molecule has 8 nitrogen and oxygen atoms in total. The molecule has 9 heteroatoms. The van der Waals surface area contributed by atoms with Crippen molar-refractivity contribution in [2.75, 3.05) is 32.6 Å². The van der Waals surface area contributed by atoms with Crippen molar-refractivity contribution in [3.8, 4) is 5.75 Å². The topological polar surface area (TPSA) is 102 Å². The molecule has 0 aromatic heterocycles. The summed E-state index contributed by atoms with van der Waals surface area (Å²) in [5.41, 5.74) is 0.572. The first-order chi connectivity index (χ1) is 14.4. The zero-order valence-electron chi connectivity index (χ0n) is 16.8. The lowest BCUT2D eigenvalue weighted by molar-refractivity contribution is -0.120. The van der Waals surface area contributed by atoms with Crippen LogP contribution in [0, 0.1) is 5.92 Å². The van der Waals surface area contributed by atoms with E-state index in [9.17, 15) is 18.0 Å². The predicted octanol–water partition coefficient (Wildman–Crippen LogP) is 2.52. The summed E-state index contributed by atoms with van der Waals surface area (Å²) in [4.78, 5) is 24.5. The molecule has 0 saturated carbocycles. The van der Waals surface area contributed by atoms with Crippen LogP contribution in [0.1, 0.15) is 23.2 Å². The van der Waals surface area contributed by atoms with Gasteiger partial charge in [0.05, 0.1) is 30.4 Å². The number of hydrogen-bond acceptors (Lipinski definition) is 6. The van der Waals surface area contributed by atoms with E-state index < -0.39 is 16.0 Å². The highest BCUT2D eigenvalue weighted by atomic mass is 32.2. The summed E-state index contributed by atoms with van der Waals surface area (Å²) in [6.07, 6.45) is 0.751. The molecular weight excluding hydrogens is 408 g/mol. The normalized spacial score (nSPS) is 15.4. The third-order valence-electron chi connectivity index (χ3n) is 5.10. The minimum absolute atomic E-state index is 0.00367. The Morgan fingerprint density at radius 2 is 1.63 bits per heavy atom. The molecule has 2 aromatic rings. The van der Waals surface area contributed by atoms with Gasteiger partial charge in [0.15, 0.2) is 0 Å². The summed E-state index contributed by atoms with van der Waals surface area (Å²) < 4.78 is 37.4. The molecule has 1 saturated heterocycles. The molecule has 30 heavy (non-hydrogen) atoms. The van der Waals surface area contributed by atoms with E-state index in [-0.39, 0.29) is 35.4 Å². The van der Waals surface area contributed by atoms with Gasteiger partial charge in [0.2, 0.25) is 15.9 Å². The number of para-hydroxylation sites is 2. The molecule has 0 unspecified atom stereocenters. The van der Waals surface area contributed by atoms with Crippen LogP contribution in [-0.4, -0.2) is 51.9 Å². The van der Waals surface area contributed by atoms with Crippen molar-refractivity contribution in [1.82, 2.24) is 4.31 Å². The third-order valence-corrected chi connectivity index (χ3v) is 7.06. The van der Waals surface area contributed by atoms with Crippen LogP contribution in [0.25, 0.3) is 0 Å². The SMILES string of the molecule is COC(=O)c1ccccc1S(=O)(=O)N1CCC(C(=O)Nc2ccccc2OC)CC1. The van der Waals surface area contributed by atoms with Crippen LogP contribution in [0.2, 0.25) is 0 Å². The molecule has 1 heterocycles. The fraction of sp³-hybridized carbons (Fsp3) is 0.333. The van der Waals surface area contributed by atoms with E-state index in [0.717, 1.165) is 0 Å². The maximum absolute atomic E-state index is 13.1. The number of carbonyl (C=O) groups is 2. The Morgan fingerprint density at radius 3 is 2.30 bits per heavy atom. The van der Waals surface area contributed by atoms with Crippen LogP contribution in [0.3, 0.4) is 0 Å². The summed E-state index contributed by atoms with van der Waals surface area (Å²) in [5.74, 6) is -0.644. The molecule has 1 aliphatic rings. The number of nitrogens with zero attached hydrogens (tertiary/aromatic N) is 1. The highest BCUT2D eigenvalue weighted by molar-refractivity contribution is 7.89. The number of carbonyl (C=O) groups excluding carboxylic acids is 2. The lowest BCUT2D eigenvalue weighted by Crippen LogP contribution is -2.41. The molecule has 0 spiro atoms. The second kappa shape index (κ2) is 9.27. The lowest BCUT2D eigenvalue weighted by atomic mass is 9.97. The van der Waals surface area contributed by atoms with Crippen molar-refractivity contribution in [3.05, 3.63) is 54.1 Å². The van der Waals surface area contributed by atoms with Crippen molar-refractivity contribution in [1.29, 1.82) is 0 Å². The highest BCUT2D eigenvalue weighted by Crippen LogP contribution is 2.28. The molecule has 0 bridgehead atoms. The summed E-state index contributed by atoms with van der Waals surface area (Å²) in [6.45, 7) is 0.365. The van der Waals surface area contributed by atoms with Crippen LogP contribution in [-0.2, 0) is 19.6 Å². The number of rotatable bonds is 6. The number of benzene rings is 2. The Kier molecular flexibility index (Phi) is 6.73. The van der Waals surface area contributed by atoms with Gasteiger partial charge in [-0.3, -0.25) is 4.79 Å². The van der Waals surface area contributed by atoms with Crippen molar-refractivity contribution in [2.24, 2.45) is 5.92 Å². The first kappa shape index (κ1) is 21.8.